The molecule has 0 aliphatic carbocycles. The van der Waals surface area contributed by atoms with Crippen molar-refractivity contribution in [2.75, 3.05) is 78.6 Å². The van der Waals surface area contributed by atoms with Gasteiger partial charge < -0.3 is 14.5 Å². The molecule has 33 heavy (non-hydrogen) atoms. The summed E-state index contributed by atoms with van der Waals surface area (Å²) in [5.41, 5.74) is 0.898. The van der Waals surface area contributed by atoms with Gasteiger partial charge in [-0.05, 0) is 49.5 Å². The molecule has 1 aromatic rings. The van der Waals surface area contributed by atoms with E-state index in [1.807, 2.05) is 4.90 Å². The standard InChI is InChI=1S/C25H34N6O2/c1-20(32)31-9-7-28(8-10-31)5-2-6-29-16-23-18-30(19-24(23)17-29)11-12-33-25-4-3-21(14-26)13-22(25)15-27/h3-4,13,23-24H,2,5-12,16-19H2,1H3. The molecule has 0 aromatic heterocycles. The first-order chi connectivity index (χ1) is 16.1. The van der Waals surface area contributed by atoms with Gasteiger partial charge in [0.1, 0.15) is 18.4 Å². The minimum Gasteiger partial charge on any atom is -0.491 e. The normalized spacial score (nSPS) is 23.8. The molecule has 2 unspecified atom stereocenters. The number of nitrogens with zero attached hydrogens (tertiary/aromatic N) is 6. The summed E-state index contributed by atoms with van der Waals surface area (Å²) in [5.74, 6) is 2.24. The SMILES string of the molecule is CC(=O)N1CCN(CCCN2CC3CN(CCOc4ccc(C#N)cc4C#N)CC3C2)CC1. The van der Waals surface area contributed by atoms with Crippen LogP contribution in [0, 0.1) is 34.5 Å². The third-order valence-corrected chi connectivity index (χ3v) is 7.30. The molecule has 4 rings (SSSR count). The zero-order valence-electron chi connectivity index (χ0n) is 19.6. The third kappa shape index (κ3) is 6.03. The Labute approximate surface area is 196 Å². The van der Waals surface area contributed by atoms with Crippen LogP contribution in [-0.2, 0) is 4.79 Å². The van der Waals surface area contributed by atoms with Crippen LogP contribution in [0.25, 0.3) is 0 Å². The lowest BCUT2D eigenvalue weighted by Gasteiger charge is -2.34. The number of benzene rings is 1. The van der Waals surface area contributed by atoms with Gasteiger partial charge >= 0.3 is 0 Å². The first-order valence-electron chi connectivity index (χ1n) is 12.1. The summed E-state index contributed by atoms with van der Waals surface area (Å²) in [7, 11) is 0. The minimum absolute atomic E-state index is 0.194. The number of fused-ring (bicyclic) bond motifs is 1. The van der Waals surface area contributed by atoms with E-state index in [0.717, 1.165) is 64.2 Å². The number of amides is 1. The minimum atomic E-state index is 0.194. The highest BCUT2D eigenvalue weighted by atomic mass is 16.5. The Morgan fingerprint density at radius 1 is 0.939 bits per heavy atom. The van der Waals surface area contributed by atoms with Crippen molar-refractivity contribution >= 4 is 5.91 Å². The fourth-order valence-electron chi connectivity index (χ4n) is 5.45. The maximum Gasteiger partial charge on any atom is 0.219 e. The lowest BCUT2D eigenvalue weighted by atomic mass is 10.0. The van der Waals surface area contributed by atoms with Gasteiger partial charge in [0.15, 0.2) is 0 Å². The molecular weight excluding hydrogens is 416 g/mol. The summed E-state index contributed by atoms with van der Waals surface area (Å²) in [5, 5.41) is 18.3. The molecule has 3 saturated heterocycles. The number of hydrogen-bond donors (Lipinski definition) is 0. The van der Waals surface area contributed by atoms with Gasteiger partial charge in [0.25, 0.3) is 0 Å². The second kappa shape index (κ2) is 11.0. The predicted octanol–water partition coefficient (Wildman–Crippen LogP) is 1.23. The molecule has 0 spiro atoms. The second-order valence-corrected chi connectivity index (χ2v) is 9.52. The average molecular weight is 451 g/mol. The van der Waals surface area contributed by atoms with Crippen LogP contribution >= 0.6 is 0 Å². The first kappa shape index (κ1) is 23.5. The Kier molecular flexibility index (Phi) is 7.82. The molecule has 2 atom stereocenters. The topological polar surface area (TPSA) is 86.8 Å². The fraction of sp³-hybridized carbons (Fsp3) is 0.640. The molecule has 0 N–H and O–H groups in total. The highest BCUT2D eigenvalue weighted by molar-refractivity contribution is 5.73. The summed E-state index contributed by atoms with van der Waals surface area (Å²) >= 11 is 0. The summed E-state index contributed by atoms with van der Waals surface area (Å²) < 4.78 is 5.85. The monoisotopic (exact) mass is 450 g/mol. The number of nitriles is 2. The molecule has 8 nitrogen and oxygen atoms in total. The van der Waals surface area contributed by atoms with Crippen molar-refractivity contribution < 1.29 is 9.53 Å². The molecule has 3 aliphatic rings. The Balaban J connectivity index is 1.11. The molecule has 8 heteroatoms. The lowest BCUT2D eigenvalue weighted by Crippen LogP contribution is -2.48. The van der Waals surface area contributed by atoms with E-state index in [2.05, 4.69) is 26.8 Å². The van der Waals surface area contributed by atoms with Crippen molar-refractivity contribution in [3.05, 3.63) is 29.3 Å². The van der Waals surface area contributed by atoms with Gasteiger partial charge in [-0.3, -0.25) is 14.6 Å². The van der Waals surface area contributed by atoms with Gasteiger partial charge in [-0.2, -0.15) is 10.5 Å². The Morgan fingerprint density at radius 3 is 2.18 bits per heavy atom. The van der Waals surface area contributed by atoms with Gasteiger partial charge in [-0.25, -0.2) is 0 Å². The number of ether oxygens (including phenoxy) is 1. The zero-order chi connectivity index (χ0) is 23.2. The first-order valence-corrected chi connectivity index (χ1v) is 12.1. The molecular formula is C25H34N6O2. The van der Waals surface area contributed by atoms with E-state index in [1.165, 1.54) is 26.1 Å². The summed E-state index contributed by atoms with van der Waals surface area (Å²) in [6, 6.07) is 9.16. The highest BCUT2D eigenvalue weighted by Crippen LogP contribution is 2.31. The van der Waals surface area contributed by atoms with E-state index < -0.39 is 0 Å². The van der Waals surface area contributed by atoms with Crippen LogP contribution in [0.15, 0.2) is 18.2 Å². The maximum atomic E-state index is 11.5. The highest BCUT2D eigenvalue weighted by Gasteiger charge is 2.39. The Hall–Kier alpha value is -2.65. The predicted molar refractivity (Wildman–Crippen MR) is 125 cm³/mol. The Morgan fingerprint density at radius 2 is 1.58 bits per heavy atom. The smallest absolute Gasteiger partial charge is 0.219 e. The number of carbonyl (C=O) groups excluding carboxylic acids is 1. The largest absolute Gasteiger partial charge is 0.491 e. The van der Waals surface area contributed by atoms with E-state index >= 15 is 0 Å². The van der Waals surface area contributed by atoms with Crippen LogP contribution < -0.4 is 4.74 Å². The molecule has 3 heterocycles. The number of hydrogen-bond acceptors (Lipinski definition) is 7. The molecule has 0 saturated carbocycles. The van der Waals surface area contributed by atoms with E-state index in [1.54, 1.807) is 25.1 Å². The van der Waals surface area contributed by atoms with E-state index in [-0.39, 0.29) is 5.91 Å². The van der Waals surface area contributed by atoms with Crippen molar-refractivity contribution in [3.63, 3.8) is 0 Å². The summed E-state index contributed by atoms with van der Waals surface area (Å²) in [4.78, 5) is 21.0. The van der Waals surface area contributed by atoms with E-state index in [0.29, 0.717) is 23.5 Å². The molecule has 1 amide bonds. The van der Waals surface area contributed by atoms with Gasteiger partial charge in [0.05, 0.1) is 17.2 Å². The molecule has 0 bridgehead atoms. The van der Waals surface area contributed by atoms with Gasteiger partial charge in [-0.1, -0.05) is 0 Å². The van der Waals surface area contributed by atoms with Crippen LogP contribution in [0.3, 0.4) is 0 Å². The van der Waals surface area contributed by atoms with E-state index in [9.17, 15) is 10.1 Å². The Bertz CT molecular complexity index is 900. The summed E-state index contributed by atoms with van der Waals surface area (Å²) in [6.07, 6.45) is 1.20. The molecule has 3 aliphatic heterocycles. The molecule has 3 fully saturated rings. The molecule has 1 aromatic carbocycles. The van der Waals surface area contributed by atoms with Crippen molar-refractivity contribution in [3.8, 4) is 17.9 Å². The lowest BCUT2D eigenvalue weighted by molar-refractivity contribution is -0.130. The third-order valence-electron chi connectivity index (χ3n) is 7.30. The van der Waals surface area contributed by atoms with Crippen molar-refractivity contribution in [1.82, 2.24) is 19.6 Å². The van der Waals surface area contributed by atoms with Gasteiger partial charge in [0.2, 0.25) is 5.91 Å². The average Bonchev–Trinajstić information content (AvgIpc) is 3.38. The van der Waals surface area contributed by atoms with E-state index in [4.69, 9.17) is 10.00 Å². The fourth-order valence-corrected chi connectivity index (χ4v) is 5.45. The van der Waals surface area contributed by atoms with Crippen molar-refractivity contribution in [2.24, 2.45) is 11.8 Å². The van der Waals surface area contributed by atoms with Crippen molar-refractivity contribution in [2.45, 2.75) is 13.3 Å². The van der Waals surface area contributed by atoms with Crippen LogP contribution in [-0.4, -0.2) is 104 Å². The summed E-state index contributed by atoms with van der Waals surface area (Å²) in [6.45, 7) is 13.7. The van der Waals surface area contributed by atoms with Gasteiger partial charge in [0, 0.05) is 65.8 Å². The number of rotatable bonds is 8. The van der Waals surface area contributed by atoms with Gasteiger partial charge in [-0.15, -0.1) is 0 Å². The molecule has 176 valence electrons. The number of carbonyl (C=O) groups is 1. The van der Waals surface area contributed by atoms with Crippen LogP contribution in [0.5, 0.6) is 5.75 Å². The van der Waals surface area contributed by atoms with Crippen molar-refractivity contribution in [1.29, 1.82) is 10.5 Å². The quantitative estimate of drug-likeness (QED) is 0.589. The van der Waals surface area contributed by atoms with Crippen LogP contribution in [0.4, 0.5) is 0 Å². The second-order valence-electron chi connectivity index (χ2n) is 9.52. The van der Waals surface area contributed by atoms with Crippen LogP contribution in [0.2, 0.25) is 0 Å². The maximum absolute atomic E-state index is 11.5. The number of likely N-dealkylation sites (tertiary alicyclic amines) is 2. The van der Waals surface area contributed by atoms with Crippen LogP contribution in [0.1, 0.15) is 24.5 Å². The zero-order valence-corrected chi connectivity index (χ0v) is 19.6. The number of piperazine rings is 1. The molecule has 0 radical (unpaired) electrons.